The third-order valence-electron chi connectivity index (χ3n) is 4.53. The molecule has 3 rings (SSSR count). The minimum absolute atomic E-state index is 0.595. The molecule has 0 amide bonds. The zero-order valence-electron chi connectivity index (χ0n) is 14.3. The molecule has 2 heterocycles. The molecule has 0 aliphatic carbocycles. The van der Waals surface area contributed by atoms with Crippen molar-refractivity contribution in [2.45, 2.75) is 39.2 Å². The van der Waals surface area contributed by atoms with Gasteiger partial charge in [0, 0.05) is 19.3 Å². The van der Waals surface area contributed by atoms with Gasteiger partial charge in [-0.15, -0.1) is 0 Å². The maximum Gasteiger partial charge on any atom is 0.314 e. The first-order valence-electron chi connectivity index (χ1n) is 8.27. The number of rotatable bonds is 2. The van der Waals surface area contributed by atoms with E-state index in [1.807, 2.05) is 6.92 Å². The standard InChI is InChI=1S/C16H22N4O2.CH4O/c1-10-11(9-20-6-4-2-3-5-7-20)14-13(8-12(10)17)18-15(21)16(22)19-14;1-2/h8H,2-7,9,17H2,1H3,(H,18,21)(H,19,22);2H,1H3. The number of hydrogen-bond acceptors (Lipinski definition) is 5. The first-order chi connectivity index (χ1) is 11.6. The zero-order chi connectivity index (χ0) is 17.7. The number of fused-ring (bicyclic) bond motifs is 1. The summed E-state index contributed by atoms with van der Waals surface area (Å²) in [5.74, 6) is 0. The number of nitrogen functional groups attached to an aromatic ring is 1. The van der Waals surface area contributed by atoms with Gasteiger partial charge in [-0.3, -0.25) is 14.5 Å². The summed E-state index contributed by atoms with van der Waals surface area (Å²) < 4.78 is 0. The Bertz CT molecular complexity index is 802. The highest BCUT2D eigenvalue weighted by atomic mass is 16.2. The van der Waals surface area contributed by atoms with E-state index in [4.69, 9.17) is 10.8 Å². The van der Waals surface area contributed by atoms with Gasteiger partial charge in [0.1, 0.15) is 0 Å². The van der Waals surface area contributed by atoms with Crippen LogP contribution in [0.1, 0.15) is 36.8 Å². The van der Waals surface area contributed by atoms with Crippen molar-refractivity contribution in [2.75, 3.05) is 25.9 Å². The highest BCUT2D eigenvalue weighted by Crippen LogP contribution is 2.25. The van der Waals surface area contributed by atoms with E-state index in [-0.39, 0.29) is 0 Å². The van der Waals surface area contributed by atoms with Gasteiger partial charge in [0.15, 0.2) is 0 Å². The molecule has 7 heteroatoms. The average molecular weight is 334 g/mol. The van der Waals surface area contributed by atoms with Crippen LogP contribution >= 0.6 is 0 Å². The lowest BCUT2D eigenvalue weighted by atomic mass is 10.0. The molecule has 1 aliphatic rings. The second-order valence-electron chi connectivity index (χ2n) is 6.09. The van der Waals surface area contributed by atoms with Gasteiger partial charge in [0.25, 0.3) is 0 Å². The maximum absolute atomic E-state index is 11.7. The third-order valence-corrected chi connectivity index (χ3v) is 4.53. The van der Waals surface area contributed by atoms with Crippen LogP contribution in [0.15, 0.2) is 15.7 Å². The largest absolute Gasteiger partial charge is 0.400 e. The van der Waals surface area contributed by atoms with E-state index in [0.29, 0.717) is 16.7 Å². The normalized spacial score (nSPS) is 15.6. The fourth-order valence-electron chi connectivity index (χ4n) is 3.17. The summed E-state index contributed by atoms with van der Waals surface area (Å²) in [5, 5.41) is 7.00. The monoisotopic (exact) mass is 334 g/mol. The molecule has 1 saturated heterocycles. The Kier molecular flexibility index (Phi) is 6.16. The topological polar surface area (TPSA) is 115 Å². The molecule has 0 bridgehead atoms. The fraction of sp³-hybridized carbons (Fsp3) is 0.529. The van der Waals surface area contributed by atoms with E-state index in [0.717, 1.165) is 37.9 Å². The molecule has 24 heavy (non-hydrogen) atoms. The molecule has 132 valence electrons. The van der Waals surface area contributed by atoms with Crippen LogP contribution in [0.5, 0.6) is 0 Å². The average Bonchev–Trinajstić information content (AvgIpc) is 2.84. The quantitative estimate of drug-likeness (QED) is 0.485. The van der Waals surface area contributed by atoms with Crippen LogP contribution in [0.3, 0.4) is 0 Å². The van der Waals surface area contributed by atoms with Crippen LogP contribution in [-0.2, 0) is 6.54 Å². The van der Waals surface area contributed by atoms with Gasteiger partial charge in [-0.1, -0.05) is 12.8 Å². The summed E-state index contributed by atoms with van der Waals surface area (Å²) in [4.78, 5) is 30.9. The van der Waals surface area contributed by atoms with Gasteiger partial charge in [-0.05, 0) is 50.0 Å². The molecular weight excluding hydrogens is 308 g/mol. The Labute approximate surface area is 140 Å². The van der Waals surface area contributed by atoms with E-state index < -0.39 is 11.1 Å². The lowest BCUT2D eigenvalue weighted by Crippen LogP contribution is -2.30. The number of aliphatic hydroxyl groups excluding tert-OH is 1. The van der Waals surface area contributed by atoms with Crippen LogP contribution in [0, 0.1) is 6.92 Å². The number of aliphatic hydroxyl groups is 1. The van der Waals surface area contributed by atoms with E-state index in [9.17, 15) is 9.59 Å². The van der Waals surface area contributed by atoms with Crippen molar-refractivity contribution in [3.05, 3.63) is 37.9 Å². The Morgan fingerprint density at radius 2 is 1.67 bits per heavy atom. The fourth-order valence-corrected chi connectivity index (χ4v) is 3.17. The van der Waals surface area contributed by atoms with Crippen LogP contribution in [0.25, 0.3) is 11.0 Å². The van der Waals surface area contributed by atoms with Gasteiger partial charge in [0.05, 0.1) is 11.0 Å². The lowest BCUT2D eigenvalue weighted by molar-refractivity contribution is 0.277. The number of aromatic nitrogens is 2. The first-order valence-corrected chi connectivity index (χ1v) is 8.27. The lowest BCUT2D eigenvalue weighted by Gasteiger charge is -2.22. The minimum Gasteiger partial charge on any atom is -0.400 e. The number of nitrogens with zero attached hydrogens (tertiary/aromatic N) is 1. The molecule has 0 unspecified atom stereocenters. The van der Waals surface area contributed by atoms with Gasteiger partial charge in [-0.2, -0.15) is 0 Å². The van der Waals surface area contributed by atoms with Crippen LogP contribution in [-0.4, -0.2) is 40.2 Å². The second kappa shape index (κ2) is 8.12. The van der Waals surface area contributed by atoms with E-state index in [2.05, 4.69) is 14.9 Å². The summed E-state index contributed by atoms with van der Waals surface area (Å²) in [5.41, 5.74) is 8.72. The van der Waals surface area contributed by atoms with Crippen LogP contribution < -0.4 is 16.9 Å². The van der Waals surface area contributed by atoms with Crippen molar-refractivity contribution in [1.82, 2.24) is 14.9 Å². The van der Waals surface area contributed by atoms with E-state index in [1.54, 1.807) is 6.07 Å². The Morgan fingerprint density at radius 1 is 1.08 bits per heavy atom. The van der Waals surface area contributed by atoms with Crippen LogP contribution in [0.2, 0.25) is 0 Å². The predicted molar refractivity (Wildman–Crippen MR) is 96.2 cm³/mol. The number of anilines is 1. The van der Waals surface area contributed by atoms with Crippen molar-refractivity contribution in [1.29, 1.82) is 0 Å². The third kappa shape index (κ3) is 3.85. The maximum atomic E-state index is 11.7. The number of benzene rings is 1. The van der Waals surface area contributed by atoms with Crippen molar-refractivity contribution >= 4 is 16.7 Å². The van der Waals surface area contributed by atoms with E-state index >= 15 is 0 Å². The van der Waals surface area contributed by atoms with Gasteiger partial charge >= 0.3 is 11.1 Å². The number of H-pyrrole nitrogens is 2. The Balaban J connectivity index is 0.00000100. The molecule has 0 saturated carbocycles. The van der Waals surface area contributed by atoms with Crippen molar-refractivity contribution in [2.24, 2.45) is 0 Å². The van der Waals surface area contributed by atoms with Gasteiger partial charge in [0.2, 0.25) is 0 Å². The Morgan fingerprint density at radius 3 is 2.29 bits per heavy atom. The summed E-state index contributed by atoms with van der Waals surface area (Å²) in [7, 11) is 1.00. The van der Waals surface area contributed by atoms with Gasteiger partial charge < -0.3 is 20.8 Å². The SMILES string of the molecule is CO.Cc1c(N)cc2[nH]c(=O)c(=O)[nH]c2c1CN1CCCCCC1. The highest BCUT2D eigenvalue weighted by molar-refractivity contribution is 5.83. The predicted octanol–water partition coefficient (Wildman–Crippen LogP) is 1.09. The Hall–Kier alpha value is -2.12. The number of hydrogen-bond donors (Lipinski definition) is 4. The first kappa shape index (κ1) is 18.2. The number of aromatic amines is 2. The molecule has 1 aliphatic heterocycles. The molecular formula is C17H26N4O3. The molecule has 0 spiro atoms. The minimum atomic E-state index is -0.642. The summed E-state index contributed by atoms with van der Waals surface area (Å²) >= 11 is 0. The van der Waals surface area contributed by atoms with E-state index in [1.165, 1.54) is 25.7 Å². The zero-order valence-corrected chi connectivity index (χ0v) is 14.3. The highest BCUT2D eigenvalue weighted by Gasteiger charge is 2.16. The van der Waals surface area contributed by atoms with Crippen molar-refractivity contribution < 1.29 is 5.11 Å². The molecule has 1 aromatic heterocycles. The molecule has 0 atom stereocenters. The number of nitrogens with one attached hydrogen (secondary N) is 2. The number of likely N-dealkylation sites (tertiary alicyclic amines) is 1. The van der Waals surface area contributed by atoms with Gasteiger partial charge in [-0.25, -0.2) is 0 Å². The molecule has 0 radical (unpaired) electrons. The molecule has 1 aromatic carbocycles. The summed E-state index contributed by atoms with van der Waals surface area (Å²) in [6, 6.07) is 1.72. The summed E-state index contributed by atoms with van der Waals surface area (Å²) in [6.45, 7) is 4.83. The van der Waals surface area contributed by atoms with Crippen molar-refractivity contribution in [3.63, 3.8) is 0 Å². The molecule has 2 aromatic rings. The second-order valence-corrected chi connectivity index (χ2v) is 6.09. The smallest absolute Gasteiger partial charge is 0.314 e. The van der Waals surface area contributed by atoms with Crippen LogP contribution in [0.4, 0.5) is 5.69 Å². The van der Waals surface area contributed by atoms with Crippen molar-refractivity contribution in [3.8, 4) is 0 Å². The molecule has 7 nitrogen and oxygen atoms in total. The molecule has 5 N–H and O–H groups in total. The summed E-state index contributed by atoms with van der Waals surface area (Å²) in [6.07, 6.45) is 4.95. The number of nitrogens with two attached hydrogens (primary N) is 1. The molecule has 1 fully saturated rings.